The van der Waals surface area contributed by atoms with Crippen molar-refractivity contribution in [3.63, 3.8) is 0 Å². The highest BCUT2D eigenvalue weighted by Crippen LogP contribution is 2.34. The molecule has 0 spiro atoms. The first-order valence-corrected chi connectivity index (χ1v) is 6.56. The lowest BCUT2D eigenvalue weighted by Crippen LogP contribution is -2.43. The van der Waals surface area contributed by atoms with Crippen LogP contribution in [0.2, 0.25) is 0 Å². The fraction of sp³-hybridized carbons (Fsp3) is 0.500. The summed E-state index contributed by atoms with van der Waals surface area (Å²) in [5.74, 6) is 0.217. The molecule has 2 rings (SSSR count). The van der Waals surface area contributed by atoms with E-state index in [-0.39, 0.29) is 17.8 Å². The third kappa shape index (κ3) is 4.01. The van der Waals surface area contributed by atoms with Crippen LogP contribution in [-0.2, 0) is 4.79 Å². The summed E-state index contributed by atoms with van der Waals surface area (Å²) in [6.45, 7) is 0.876. The number of rotatable bonds is 6. The second kappa shape index (κ2) is 6.12. The van der Waals surface area contributed by atoms with Gasteiger partial charge in [0, 0.05) is 18.3 Å². The fourth-order valence-corrected chi connectivity index (χ4v) is 2.29. The van der Waals surface area contributed by atoms with Gasteiger partial charge in [0.2, 0.25) is 5.91 Å². The monoisotopic (exact) mass is 265 g/mol. The van der Waals surface area contributed by atoms with E-state index in [0.29, 0.717) is 24.7 Å². The Balaban J connectivity index is 1.84. The number of nitrogens with one attached hydrogen (secondary N) is 1. The van der Waals surface area contributed by atoms with Crippen LogP contribution in [0, 0.1) is 11.7 Å². The summed E-state index contributed by atoms with van der Waals surface area (Å²) in [7, 11) is 1.92. The van der Waals surface area contributed by atoms with Crippen molar-refractivity contribution in [2.24, 2.45) is 11.7 Å². The average molecular weight is 265 g/mol. The third-order valence-electron chi connectivity index (χ3n) is 3.49. The van der Waals surface area contributed by atoms with E-state index in [1.54, 1.807) is 12.1 Å². The van der Waals surface area contributed by atoms with Gasteiger partial charge in [0.1, 0.15) is 5.82 Å². The molecule has 0 bridgehead atoms. The first-order chi connectivity index (χ1) is 9.10. The number of nitrogens with zero attached hydrogens (tertiary/aromatic N) is 1. The maximum atomic E-state index is 12.7. The molecule has 4 nitrogen and oxygen atoms in total. The van der Waals surface area contributed by atoms with Crippen molar-refractivity contribution >= 4 is 11.6 Å². The molecule has 0 aliphatic heterocycles. The Morgan fingerprint density at radius 3 is 2.63 bits per heavy atom. The molecule has 5 heteroatoms. The van der Waals surface area contributed by atoms with Gasteiger partial charge >= 0.3 is 0 Å². The lowest BCUT2D eigenvalue weighted by atomic mass is 10.1. The van der Waals surface area contributed by atoms with Crippen LogP contribution < -0.4 is 11.1 Å². The van der Waals surface area contributed by atoms with Gasteiger partial charge in [-0.15, -0.1) is 0 Å². The first-order valence-electron chi connectivity index (χ1n) is 6.56. The van der Waals surface area contributed by atoms with E-state index >= 15 is 0 Å². The number of nitrogens with two attached hydrogens (primary N) is 1. The number of carbonyl (C=O) groups is 1. The first kappa shape index (κ1) is 14.0. The van der Waals surface area contributed by atoms with Crippen LogP contribution >= 0.6 is 0 Å². The zero-order valence-electron chi connectivity index (χ0n) is 11.1. The minimum Gasteiger partial charge on any atom is -0.329 e. The molecule has 1 aromatic rings. The van der Waals surface area contributed by atoms with Crippen molar-refractivity contribution < 1.29 is 9.18 Å². The standard InChI is InChI=1S/C14H20FN3O/c1-18(13(8-16)10-2-3-10)9-14(19)17-12-6-4-11(15)5-7-12/h4-7,10,13H,2-3,8-9,16H2,1H3,(H,17,19). The summed E-state index contributed by atoms with van der Waals surface area (Å²) >= 11 is 0. The summed E-state index contributed by atoms with van der Waals surface area (Å²) in [4.78, 5) is 13.9. The smallest absolute Gasteiger partial charge is 0.238 e. The molecule has 0 radical (unpaired) electrons. The van der Waals surface area contributed by atoms with Gasteiger partial charge in [0.05, 0.1) is 6.54 Å². The molecular weight excluding hydrogens is 245 g/mol. The van der Waals surface area contributed by atoms with Crippen LogP contribution in [0.4, 0.5) is 10.1 Å². The molecule has 1 amide bonds. The Morgan fingerprint density at radius 2 is 2.11 bits per heavy atom. The number of anilines is 1. The molecule has 104 valence electrons. The van der Waals surface area contributed by atoms with Gasteiger partial charge in [-0.1, -0.05) is 0 Å². The average Bonchev–Trinajstić information content (AvgIpc) is 3.17. The Bertz CT molecular complexity index is 431. The SMILES string of the molecule is CN(CC(=O)Nc1ccc(F)cc1)C(CN)C1CC1. The number of hydrogen-bond acceptors (Lipinski definition) is 3. The van der Waals surface area contributed by atoms with E-state index in [4.69, 9.17) is 5.73 Å². The molecule has 1 aromatic carbocycles. The van der Waals surface area contributed by atoms with Crippen molar-refractivity contribution in [3.8, 4) is 0 Å². The zero-order chi connectivity index (χ0) is 13.8. The second-order valence-electron chi connectivity index (χ2n) is 5.11. The van der Waals surface area contributed by atoms with Crippen LogP contribution in [-0.4, -0.2) is 37.0 Å². The quantitative estimate of drug-likeness (QED) is 0.818. The minimum atomic E-state index is -0.313. The number of carbonyl (C=O) groups excluding carboxylic acids is 1. The predicted octanol–water partition coefficient (Wildman–Crippen LogP) is 1.43. The summed E-state index contributed by atoms with van der Waals surface area (Å²) in [5.41, 5.74) is 6.35. The maximum Gasteiger partial charge on any atom is 0.238 e. The highest BCUT2D eigenvalue weighted by molar-refractivity contribution is 5.92. The summed E-state index contributed by atoms with van der Waals surface area (Å²) in [5, 5.41) is 2.75. The molecule has 1 aliphatic carbocycles. The molecule has 1 fully saturated rings. The molecule has 3 N–H and O–H groups in total. The summed E-state index contributed by atoms with van der Waals surface area (Å²) in [6.07, 6.45) is 2.40. The second-order valence-corrected chi connectivity index (χ2v) is 5.11. The Kier molecular flexibility index (Phi) is 4.50. The van der Waals surface area contributed by atoms with Crippen molar-refractivity contribution in [3.05, 3.63) is 30.1 Å². The van der Waals surface area contributed by atoms with E-state index in [0.717, 1.165) is 0 Å². The van der Waals surface area contributed by atoms with Crippen LogP contribution in [0.15, 0.2) is 24.3 Å². The normalized spacial score (nSPS) is 16.4. The van der Waals surface area contributed by atoms with Gasteiger partial charge in [-0.05, 0) is 50.1 Å². The number of amides is 1. The number of halogens is 1. The predicted molar refractivity (Wildman–Crippen MR) is 73.2 cm³/mol. The number of hydrogen-bond donors (Lipinski definition) is 2. The largest absolute Gasteiger partial charge is 0.329 e. The van der Waals surface area contributed by atoms with E-state index < -0.39 is 0 Å². The van der Waals surface area contributed by atoms with Crippen LogP contribution in [0.25, 0.3) is 0 Å². The summed E-state index contributed by atoms with van der Waals surface area (Å²) < 4.78 is 12.7. The summed E-state index contributed by atoms with van der Waals surface area (Å²) in [6, 6.07) is 6.03. The van der Waals surface area contributed by atoms with Crippen molar-refractivity contribution in [2.75, 3.05) is 25.5 Å². The highest BCUT2D eigenvalue weighted by Gasteiger charge is 2.33. The van der Waals surface area contributed by atoms with Gasteiger partial charge in [-0.25, -0.2) is 4.39 Å². The molecule has 0 saturated heterocycles. The Morgan fingerprint density at radius 1 is 1.47 bits per heavy atom. The third-order valence-corrected chi connectivity index (χ3v) is 3.49. The Hall–Kier alpha value is -1.46. The topological polar surface area (TPSA) is 58.4 Å². The van der Waals surface area contributed by atoms with Gasteiger partial charge in [0.25, 0.3) is 0 Å². The van der Waals surface area contributed by atoms with Gasteiger partial charge in [0.15, 0.2) is 0 Å². The Labute approximate surface area is 112 Å². The molecule has 19 heavy (non-hydrogen) atoms. The van der Waals surface area contributed by atoms with Crippen molar-refractivity contribution in [1.29, 1.82) is 0 Å². The highest BCUT2D eigenvalue weighted by atomic mass is 19.1. The molecule has 1 saturated carbocycles. The molecular formula is C14H20FN3O. The van der Waals surface area contributed by atoms with E-state index in [1.807, 2.05) is 11.9 Å². The van der Waals surface area contributed by atoms with Crippen molar-refractivity contribution in [2.45, 2.75) is 18.9 Å². The van der Waals surface area contributed by atoms with Crippen LogP contribution in [0.3, 0.4) is 0 Å². The van der Waals surface area contributed by atoms with E-state index in [9.17, 15) is 9.18 Å². The zero-order valence-corrected chi connectivity index (χ0v) is 11.1. The molecule has 1 aliphatic rings. The van der Waals surface area contributed by atoms with Gasteiger partial charge in [-0.3, -0.25) is 9.69 Å². The molecule has 0 heterocycles. The fourth-order valence-electron chi connectivity index (χ4n) is 2.29. The molecule has 1 atom stereocenters. The number of likely N-dealkylation sites (N-methyl/N-ethyl adjacent to an activating group) is 1. The lowest BCUT2D eigenvalue weighted by Gasteiger charge is -2.26. The van der Waals surface area contributed by atoms with Crippen LogP contribution in [0.1, 0.15) is 12.8 Å². The van der Waals surface area contributed by atoms with Crippen LogP contribution in [0.5, 0.6) is 0 Å². The van der Waals surface area contributed by atoms with E-state index in [2.05, 4.69) is 5.32 Å². The molecule has 1 unspecified atom stereocenters. The number of benzene rings is 1. The van der Waals surface area contributed by atoms with Gasteiger partial charge < -0.3 is 11.1 Å². The van der Waals surface area contributed by atoms with Gasteiger partial charge in [-0.2, -0.15) is 0 Å². The lowest BCUT2D eigenvalue weighted by molar-refractivity contribution is -0.117. The molecule has 0 aromatic heterocycles. The maximum absolute atomic E-state index is 12.7. The minimum absolute atomic E-state index is 0.104. The van der Waals surface area contributed by atoms with E-state index in [1.165, 1.54) is 25.0 Å². The van der Waals surface area contributed by atoms with Crippen molar-refractivity contribution in [1.82, 2.24) is 4.90 Å².